The van der Waals surface area contributed by atoms with Crippen molar-refractivity contribution in [2.24, 2.45) is 0 Å². The number of ketones is 1. The van der Waals surface area contributed by atoms with Crippen LogP contribution in [0, 0.1) is 0 Å². The average Bonchev–Trinajstić information content (AvgIpc) is 2.99. The van der Waals surface area contributed by atoms with Crippen molar-refractivity contribution in [3.05, 3.63) is 56.5 Å². The number of piperidine rings is 1. The number of anilines is 2. The van der Waals surface area contributed by atoms with Gasteiger partial charge in [-0.15, -0.1) is 0 Å². The predicted octanol–water partition coefficient (Wildman–Crippen LogP) is 3.14. The lowest BCUT2D eigenvalue weighted by molar-refractivity contribution is -0.138. The van der Waals surface area contributed by atoms with E-state index in [1.165, 1.54) is 0 Å². The van der Waals surface area contributed by atoms with Crippen LogP contribution in [0.15, 0.2) is 45.3 Å². The van der Waals surface area contributed by atoms with E-state index in [2.05, 4.69) is 52.3 Å². The second-order valence-electron chi connectivity index (χ2n) is 11.5. The molecule has 43 heavy (non-hydrogen) atoms. The van der Waals surface area contributed by atoms with Gasteiger partial charge in [-0.3, -0.25) is 19.3 Å². The Balaban J connectivity index is 1.25. The Morgan fingerprint density at radius 2 is 1.67 bits per heavy atom. The molecule has 3 aliphatic heterocycles. The van der Waals surface area contributed by atoms with Crippen LogP contribution in [0.1, 0.15) is 35.2 Å². The quantitative estimate of drug-likeness (QED) is 0.283. The number of carbonyl (C=O) groups is 4. The first-order chi connectivity index (χ1) is 20.6. The van der Waals surface area contributed by atoms with Gasteiger partial charge in [0.15, 0.2) is 5.78 Å². The maximum atomic E-state index is 13.8. The summed E-state index contributed by atoms with van der Waals surface area (Å²) in [6, 6.07) is 9.85. The first-order valence-corrected chi connectivity index (χ1v) is 16.1. The first-order valence-electron chi connectivity index (χ1n) is 14.5. The number of nitrogen functional groups attached to an aromatic ring is 1. The molecule has 230 valence electrons. The summed E-state index contributed by atoms with van der Waals surface area (Å²) in [6.45, 7) is 4.79. The standard InChI is InChI=1S/C30H37Br2N7O4/c1-36-10-12-37(13-11-36)18-27(41)34-25(16-26(40)20-14-22(31)28(33)23(32)15-20)29(42)38-8-6-21(7-9-38)39-17-19-4-2-3-5-24(19)35-30(39)43/h2-5,14-15,21,25H,6-13,16-18,33H2,1H3,(H,34,41)(H,35,43)/t25-/m1/s1. The molecule has 5 rings (SSSR count). The molecule has 1 atom stereocenters. The Morgan fingerprint density at radius 1 is 1.02 bits per heavy atom. The van der Waals surface area contributed by atoms with Crippen LogP contribution in [0.2, 0.25) is 0 Å². The van der Waals surface area contributed by atoms with Crippen LogP contribution in [0.3, 0.4) is 0 Å². The SMILES string of the molecule is CN1CCN(CC(=O)N[C@H](CC(=O)c2cc(Br)c(N)c(Br)c2)C(=O)N2CCC(N3Cc4ccccc4NC3=O)CC2)CC1. The lowest BCUT2D eigenvalue weighted by Crippen LogP contribution is -2.56. The number of nitrogens with two attached hydrogens (primary N) is 1. The van der Waals surface area contributed by atoms with Gasteiger partial charge >= 0.3 is 6.03 Å². The van der Waals surface area contributed by atoms with E-state index in [1.807, 2.05) is 36.2 Å². The van der Waals surface area contributed by atoms with E-state index in [4.69, 9.17) is 5.73 Å². The zero-order valence-electron chi connectivity index (χ0n) is 24.2. The van der Waals surface area contributed by atoms with Crippen molar-refractivity contribution in [3.63, 3.8) is 0 Å². The molecule has 3 aliphatic rings. The highest BCUT2D eigenvalue weighted by molar-refractivity contribution is 9.11. The van der Waals surface area contributed by atoms with Gasteiger partial charge in [0.1, 0.15) is 6.04 Å². The van der Waals surface area contributed by atoms with Crippen LogP contribution in [-0.4, -0.2) is 108 Å². The summed E-state index contributed by atoms with van der Waals surface area (Å²) in [5.41, 5.74) is 8.74. The number of hydrogen-bond acceptors (Lipinski definition) is 7. The molecule has 13 heteroatoms. The molecule has 11 nitrogen and oxygen atoms in total. The number of Topliss-reactive ketones (excluding diaryl/α,β-unsaturated/α-hetero) is 1. The van der Waals surface area contributed by atoms with Crippen molar-refractivity contribution >= 4 is 66.9 Å². The third-order valence-corrected chi connectivity index (χ3v) is 9.78. The third-order valence-electron chi connectivity index (χ3n) is 8.46. The zero-order chi connectivity index (χ0) is 30.7. The number of hydrogen-bond donors (Lipinski definition) is 3. The van der Waals surface area contributed by atoms with Crippen molar-refractivity contribution < 1.29 is 19.2 Å². The Bertz CT molecular complexity index is 1370. The Morgan fingerprint density at radius 3 is 2.35 bits per heavy atom. The van der Waals surface area contributed by atoms with E-state index in [9.17, 15) is 19.2 Å². The fraction of sp³-hybridized carbons (Fsp3) is 0.467. The molecule has 0 aromatic heterocycles. The number of para-hydroxylation sites is 1. The van der Waals surface area contributed by atoms with Gasteiger partial charge in [-0.25, -0.2) is 4.79 Å². The molecular formula is C30H37Br2N7O4. The van der Waals surface area contributed by atoms with E-state index >= 15 is 0 Å². The van der Waals surface area contributed by atoms with Crippen LogP contribution in [0.25, 0.3) is 0 Å². The number of halogens is 2. The first kappa shape index (κ1) is 31.4. The number of nitrogens with zero attached hydrogens (tertiary/aromatic N) is 4. The third kappa shape index (κ3) is 7.57. The van der Waals surface area contributed by atoms with Gasteiger partial charge < -0.3 is 31.1 Å². The topological polar surface area (TPSA) is 131 Å². The van der Waals surface area contributed by atoms with E-state index in [0.717, 1.165) is 37.4 Å². The van der Waals surface area contributed by atoms with Gasteiger partial charge in [-0.2, -0.15) is 0 Å². The zero-order valence-corrected chi connectivity index (χ0v) is 27.3. The molecule has 0 spiro atoms. The number of piperazine rings is 1. The Kier molecular flexibility index (Phi) is 10.0. The monoisotopic (exact) mass is 717 g/mol. The molecule has 0 bridgehead atoms. The van der Waals surface area contributed by atoms with Crippen LogP contribution in [-0.2, 0) is 16.1 Å². The van der Waals surface area contributed by atoms with E-state index < -0.39 is 6.04 Å². The largest absolute Gasteiger partial charge is 0.397 e. The van der Waals surface area contributed by atoms with E-state index in [1.54, 1.807) is 17.0 Å². The molecule has 0 saturated carbocycles. The lowest BCUT2D eigenvalue weighted by Gasteiger charge is -2.41. The molecule has 0 unspecified atom stereocenters. The molecule has 0 radical (unpaired) electrons. The maximum Gasteiger partial charge on any atom is 0.322 e. The van der Waals surface area contributed by atoms with Crippen LogP contribution in [0.5, 0.6) is 0 Å². The molecule has 2 aromatic rings. The van der Waals surface area contributed by atoms with Gasteiger partial charge in [0.25, 0.3) is 0 Å². The number of rotatable bonds is 8. The number of nitrogens with one attached hydrogen (secondary N) is 2. The molecule has 2 saturated heterocycles. The van der Waals surface area contributed by atoms with Gasteiger partial charge in [0.05, 0.1) is 12.2 Å². The Hall–Kier alpha value is -3.00. The lowest BCUT2D eigenvalue weighted by atomic mass is 9.98. The summed E-state index contributed by atoms with van der Waals surface area (Å²) >= 11 is 6.76. The summed E-state index contributed by atoms with van der Waals surface area (Å²) in [7, 11) is 2.05. The predicted molar refractivity (Wildman–Crippen MR) is 172 cm³/mol. The second-order valence-corrected chi connectivity index (χ2v) is 13.2. The van der Waals surface area contributed by atoms with Gasteiger partial charge in [0, 0.05) is 78.5 Å². The summed E-state index contributed by atoms with van der Waals surface area (Å²) in [6.07, 6.45) is 1.03. The molecule has 2 fully saturated rings. The number of carbonyl (C=O) groups excluding carboxylic acids is 4. The molecule has 4 N–H and O–H groups in total. The highest BCUT2D eigenvalue weighted by Gasteiger charge is 2.35. The molecule has 0 aliphatic carbocycles. The van der Waals surface area contributed by atoms with Crippen molar-refractivity contribution in [1.29, 1.82) is 0 Å². The Labute approximate surface area is 268 Å². The van der Waals surface area contributed by atoms with Crippen molar-refractivity contribution in [3.8, 4) is 0 Å². The van der Waals surface area contributed by atoms with Crippen molar-refractivity contribution in [1.82, 2.24) is 24.9 Å². The number of benzene rings is 2. The van der Waals surface area contributed by atoms with E-state index in [0.29, 0.717) is 52.7 Å². The average molecular weight is 719 g/mol. The summed E-state index contributed by atoms with van der Waals surface area (Å²) < 4.78 is 1.14. The minimum absolute atomic E-state index is 0.0196. The summed E-state index contributed by atoms with van der Waals surface area (Å²) in [4.78, 5) is 61.0. The van der Waals surface area contributed by atoms with Crippen LogP contribution < -0.4 is 16.4 Å². The van der Waals surface area contributed by atoms with Gasteiger partial charge in [-0.05, 0) is 75.5 Å². The fourth-order valence-corrected chi connectivity index (χ4v) is 7.02. The van der Waals surface area contributed by atoms with Gasteiger partial charge in [-0.1, -0.05) is 18.2 Å². The number of amides is 4. The minimum Gasteiger partial charge on any atom is -0.397 e. The minimum atomic E-state index is -1.01. The number of urea groups is 1. The highest BCUT2D eigenvalue weighted by atomic mass is 79.9. The maximum absolute atomic E-state index is 13.8. The second kappa shape index (κ2) is 13.7. The fourth-order valence-electron chi connectivity index (χ4n) is 5.83. The van der Waals surface area contributed by atoms with Crippen molar-refractivity contribution in [2.75, 3.05) is 63.9 Å². The summed E-state index contributed by atoms with van der Waals surface area (Å²) in [5.74, 6) is -0.854. The molecular weight excluding hydrogens is 682 g/mol. The summed E-state index contributed by atoms with van der Waals surface area (Å²) in [5, 5.41) is 5.84. The van der Waals surface area contributed by atoms with E-state index in [-0.39, 0.29) is 42.6 Å². The normalized spacial score (nSPS) is 19.0. The molecule has 2 aromatic carbocycles. The molecule has 4 amide bonds. The molecule has 3 heterocycles. The van der Waals surface area contributed by atoms with Crippen molar-refractivity contribution in [2.45, 2.75) is 37.9 Å². The van der Waals surface area contributed by atoms with Gasteiger partial charge in [0.2, 0.25) is 11.8 Å². The number of fused-ring (bicyclic) bond motifs is 1. The van der Waals surface area contributed by atoms with Crippen LogP contribution in [0.4, 0.5) is 16.2 Å². The smallest absolute Gasteiger partial charge is 0.322 e. The highest BCUT2D eigenvalue weighted by Crippen LogP contribution is 2.31. The number of likely N-dealkylation sites (tertiary alicyclic amines) is 1. The number of likely N-dealkylation sites (N-methyl/N-ethyl adjacent to an activating group) is 1. The van der Waals surface area contributed by atoms with Crippen LogP contribution >= 0.6 is 31.9 Å².